The van der Waals surface area contributed by atoms with E-state index in [1.807, 2.05) is 0 Å². The maximum Gasteiger partial charge on any atom is 0.0218 e. The van der Waals surface area contributed by atoms with Gasteiger partial charge in [0.05, 0.1) is 0 Å². The first-order chi connectivity index (χ1) is 8.19. The minimum Gasteiger partial charge on any atom is -0.329 e. The minimum atomic E-state index is 0.643. The van der Waals surface area contributed by atoms with Gasteiger partial charge in [-0.15, -0.1) is 0 Å². The van der Waals surface area contributed by atoms with Crippen LogP contribution in [0, 0.1) is 11.8 Å². The summed E-state index contributed by atoms with van der Waals surface area (Å²) in [7, 11) is 0. The topological polar surface area (TPSA) is 29.3 Å². The first-order valence-electron chi connectivity index (χ1n) is 7.63. The molecule has 1 rings (SSSR count). The Balaban J connectivity index is 2.19. The lowest BCUT2D eigenvalue weighted by molar-refractivity contribution is 0.221. The third-order valence-electron chi connectivity index (χ3n) is 4.45. The first kappa shape index (κ1) is 15.0. The van der Waals surface area contributed by atoms with E-state index in [4.69, 9.17) is 5.73 Å². The van der Waals surface area contributed by atoms with Gasteiger partial charge in [-0.25, -0.2) is 0 Å². The van der Waals surface area contributed by atoms with Crippen molar-refractivity contribution in [2.45, 2.75) is 65.3 Å². The van der Waals surface area contributed by atoms with E-state index in [2.05, 4.69) is 25.7 Å². The molecule has 0 aromatic rings. The van der Waals surface area contributed by atoms with E-state index < -0.39 is 0 Å². The highest BCUT2D eigenvalue weighted by Gasteiger charge is 2.29. The standard InChI is InChI=1S/C15H32N2/c1-4-5-6-7-8-9-15(10-16)17-11-13(2)14(3)12-17/h13-15H,4-12,16H2,1-3H3. The molecular formula is C15H32N2. The van der Waals surface area contributed by atoms with Crippen LogP contribution in [0.25, 0.3) is 0 Å². The summed E-state index contributed by atoms with van der Waals surface area (Å²) in [6.07, 6.45) is 8.19. The number of nitrogens with two attached hydrogens (primary N) is 1. The molecule has 2 nitrogen and oxygen atoms in total. The summed E-state index contributed by atoms with van der Waals surface area (Å²) in [5.74, 6) is 1.70. The second-order valence-corrected chi connectivity index (χ2v) is 6.00. The molecule has 2 N–H and O–H groups in total. The SMILES string of the molecule is CCCCCCCC(CN)N1CC(C)C(C)C1. The van der Waals surface area contributed by atoms with Crippen LogP contribution in [0.5, 0.6) is 0 Å². The van der Waals surface area contributed by atoms with E-state index in [9.17, 15) is 0 Å². The van der Waals surface area contributed by atoms with Crippen molar-refractivity contribution in [3.8, 4) is 0 Å². The van der Waals surface area contributed by atoms with Gasteiger partial charge in [-0.3, -0.25) is 4.90 Å². The molecule has 2 heteroatoms. The zero-order chi connectivity index (χ0) is 12.7. The van der Waals surface area contributed by atoms with E-state index in [-0.39, 0.29) is 0 Å². The predicted octanol–water partition coefficient (Wildman–Crippen LogP) is 3.26. The molecule has 3 atom stereocenters. The van der Waals surface area contributed by atoms with Gasteiger partial charge in [0.2, 0.25) is 0 Å². The normalized spacial score (nSPS) is 27.5. The van der Waals surface area contributed by atoms with Gasteiger partial charge in [-0.05, 0) is 18.3 Å². The molecule has 0 amide bonds. The molecule has 0 aromatic heterocycles. The Morgan fingerprint density at radius 3 is 2.18 bits per heavy atom. The molecule has 0 spiro atoms. The average molecular weight is 240 g/mol. The van der Waals surface area contributed by atoms with E-state index in [0.29, 0.717) is 6.04 Å². The lowest BCUT2D eigenvalue weighted by Gasteiger charge is -2.26. The van der Waals surface area contributed by atoms with Crippen LogP contribution in [0.2, 0.25) is 0 Å². The van der Waals surface area contributed by atoms with E-state index in [0.717, 1.165) is 18.4 Å². The van der Waals surface area contributed by atoms with Gasteiger partial charge < -0.3 is 5.73 Å². The number of nitrogens with zero attached hydrogens (tertiary/aromatic N) is 1. The maximum absolute atomic E-state index is 5.94. The molecule has 1 aliphatic heterocycles. The van der Waals surface area contributed by atoms with Gasteiger partial charge in [0, 0.05) is 25.7 Å². The van der Waals surface area contributed by atoms with Crippen LogP contribution in [0.3, 0.4) is 0 Å². The molecule has 1 heterocycles. The molecule has 3 unspecified atom stereocenters. The molecule has 1 aliphatic rings. The Morgan fingerprint density at radius 1 is 1.06 bits per heavy atom. The zero-order valence-corrected chi connectivity index (χ0v) is 12.1. The van der Waals surface area contributed by atoms with Crippen molar-refractivity contribution in [1.82, 2.24) is 4.90 Å². The summed E-state index contributed by atoms with van der Waals surface area (Å²) in [6, 6.07) is 0.643. The Bertz CT molecular complexity index is 183. The molecular weight excluding hydrogens is 208 g/mol. The van der Waals surface area contributed by atoms with Crippen LogP contribution < -0.4 is 5.73 Å². The number of likely N-dealkylation sites (tertiary alicyclic amines) is 1. The molecule has 1 saturated heterocycles. The highest BCUT2D eigenvalue weighted by Crippen LogP contribution is 2.25. The summed E-state index contributed by atoms with van der Waals surface area (Å²) in [4.78, 5) is 2.63. The summed E-state index contributed by atoms with van der Waals surface area (Å²) in [5.41, 5.74) is 5.94. The largest absolute Gasteiger partial charge is 0.329 e. The van der Waals surface area contributed by atoms with Crippen molar-refractivity contribution in [2.75, 3.05) is 19.6 Å². The molecule has 0 saturated carbocycles. The second-order valence-electron chi connectivity index (χ2n) is 6.00. The Hall–Kier alpha value is -0.0800. The summed E-state index contributed by atoms with van der Waals surface area (Å²) in [5, 5.41) is 0. The first-order valence-corrected chi connectivity index (χ1v) is 7.63. The maximum atomic E-state index is 5.94. The quantitative estimate of drug-likeness (QED) is 0.660. The lowest BCUT2D eigenvalue weighted by Crippen LogP contribution is -2.39. The molecule has 1 fully saturated rings. The third kappa shape index (κ3) is 4.97. The Kier molecular flexibility index (Phi) is 7.14. The summed E-state index contributed by atoms with van der Waals surface area (Å²) < 4.78 is 0. The smallest absolute Gasteiger partial charge is 0.0218 e. The fourth-order valence-corrected chi connectivity index (χ4v) is 2.91. The van der Waals surface area contributed by atoms with Gasteiger partial charge in [0.15, 0.2) is 0 Å². The Morgan fingerprint density at radius 2 is 1.65 bits per heavy atom. The average Bonchev–Trinajstić information content (AvgIpc) is 2.64. The van der Waals surface area contributed by atoms with Gasteiger partial charge in [0.25, 0.3) is 0 Å². The van der Waals surface area contributed by atoms with Crippen LogP contribution in [0.1, 0.15) is 59.3 Å². The fourth-order valence-electron chi connectivity index (χ4n) is 2.91. The van der Waals surface area contributed by atoms with Crippen molar-refractivity contribution in [1.29, 1.82) is 0 Å². The lowest BCUT2D eigenvalue weighted by atomic mass is 10.0. The highest BCUT2D eigenvalue weighted by molar-refractivity contribution is 4.84. The molecule has 0 radical (unpaired) electrons. The van der Waals surface area contributed by atoms with E-state index >= 15 is 0 Å². The van der Waals surface area contributed by atoms with Crippen LogP contribution in [-0.2, 0) is 0 Å². The van der Waals surface area contributed by atoms with Crippen molar-refractivity contribution >= 4 is 0 Å². The van der Waals surface area contributed by atoms with Crippen LogP contribution in [0.15, 0.2) is 0 Å². The van der Waals surface area contributed by atoms with E-state index in [1.54, 1.807) is 0 Å². The summed E-state index contributed by atoms with van der Waals surface area (Å²) in [6.45, 7) is 10.4. The van der Waals surface area contributed by atoms with Crippen molar-refractivity contribution in [3.05, 3.63) is 0 Å². The van der Waals surface area contributed by atoms with Crippen LogP contribution in [0.4, 0.5) is 0 Å². The zero-order valence-electron chi connectivity index (χ0n) is 12.1. The van der Waals surface area contributed by atoms with Gasteiger partial charge in [0.1, 0.15) is 0 Å². The highest BCUT2D eigenvalue weighted by atomic mass is 15.2. The Labute approximate surface area is 108 Å². The van der Waals surface area contributed by atoms with Crippen molar-refractivity contribution in [2.24, 2.45) is 17.6 Å². The predicted molar refractivity (Wildman–Crippen MR) is 76.1 cm³/mol. The molecule has 0 bridgehead atoms. The van der Waals surface area contributed by atoms with E-state index in [1.165, 1.54) is 51.6 Å². The van der Waals surface area contributed by atoms with Gasteiger partial charge in [-0.1, -0.05) is 52.9 Å². The second kappa shape index (κ2) is 8.10. The molecule has 0 aliphatic carbocycles. The van der Waals surface area contributed by atoms with Gasteiger partial charge >= 0.3 is 0 Å². The molecule has 0 aromatic carbocycles. The number of unbranched alkanes of at least 4 members (excludes halogenated alkanes) is 4. The number of rotatable bonds is 8. The fraction of sp³-hybridized carbons (Fsp3) is 1.00. The van der Waals surface area contributed by atoms with Crippen LogP contribution >= 0.6 is 0 Å². The number of hydrogen-bond donors (Lipinski definition) is 1. The third-order valence-corrected chi connectivity index (χ3v) is 4.45. The van der Waals surface area contributed by atoms with Gasteiger partial charge in [-0.2, -0.15) is 0 Å². The molecule has 17 heavy (non-hydrogen) atoms. The summed E-state index contributed by atoms with van der Waals surface area (Å²) >= 11 is 0. The van der Waals surface area contributed by atoms with Crippen LogP contribution in [-0.4, -0.2) is 30.6 Å². The van der Waals surface area contributed by atoms with Crippen molar-refractivity contribution < 1.29 is 0 Å². The monoisotopic (exact) mass is 240 g/mol. The molecule has 102 valence electrons. The number of hydrogen-bond acceptors (Lipinski definition) is 2. The van der Waals surface area contributed by atoms with Crippen molar-refractivity contribution in [3.63, 3.8) is 0 Å². The minimum absolute atomic E-state index is 0.643.